The number of nitrogens with two attached hydrogens (primary N) is 1. The lowest BCUT2D eigenvalue weighted by atomic mass is 10.1. The molecular weight excluding hydrogens is 276 g/mol. The van der Waals surface area contributed by atoms with Gasteiger partial charge in [0.1, 0.15) is 12.2 Å². The van der Waals surface area contributed by atoms with Crippen molar-refractivity contribution in [3.8, 4) is 11.8 Å². The SMILES string of the molecule is NCC#Cc1ccc(F)c(CNC(=O)CC(F)(F)F)c1. The van der Waals surface area contributed by atoms with E-state index in [1.165, 1.54) is 12.1 Å². The number of carbonyl (C=O) groups is 1. The van der Waals surface area contributed by atoms with Gasteiger partial charge in [-0.05, 0) is 18.2 Å². The van der Waals surface area contributed by atoms with Gasteiger partial charge < -0.3 is 11.1 Å². The van der Waals surface area contributed by atoms with Crippen molar-refractivity contribution < 1.29 is 22.4 Å². The lowest BCUT2D eigenvalue weighted by molar-refractivity contribution is -0.153. The fourth-order valence-corrected chi connectivity index (χ4v) is 1.38. The average molecular weight is 288 g/mol. The van der Waals surface area contributed by atoms with Gasteiger partial charge >= 0.3 is 6.18 Å². The summed E-state index contributed by atoms with van der Waals surface area (Å²) >= 11 is 0. The second-order valence-electron chi connectivity index (χ2n) is 3.88. The number of halogens is 4. The van der Waals surface area contributed by atoms with Gasteiger partial charge in [0.05, 0.1) is 6.54 Å². The Morgan fingerprint density at radius 3 is 2.65 bits per heavy atom. The van der Waals surface area contributed by atoms with E-state index in [4.69, 9.17) is 5.73 Å². The second-order valence-corrected chi connectivity index (χ2v) is 3.88. The molecule has 0 spiro atoms. The number of rotatable bonds is 3. The van der Waals surface area contributed by atoms with Crippen LogP contribution in [0.4, 0.5) is 17.6 Å². The van der Waals surface area contributed by atoms with Crippen LogP contribution in [0.3, 0.4) is 0 Å². The second kappa shape index (κ2) is 6.91. The van der Waals surface area contributed by atoms with Gasteiger partial charge in [-0.15, -0.1) is 0 Å². The highest BCUT2D eigenvalue weighted by molar-refractivity contribution is 5.76. The molecule has 0 aliphatic rings. The molecule has 7 heteroatoms. The van der Waals surface area contributed by atoms with E-state index >= 15 is 0 Å². The highest BCUT2D eigenvalue weighted by Crippen LogP contribution is 2.19. The number of carbonyl (C=O) groups excluding carboxylic acids is 1. The highest BCUT2D eigenvalue weighted by Gasteiger charge is 2.30. The number of amides is 1. The molecule has 0 radical (unpaired) electrons. The van der Waals surface area contributed by atoms with Gasteiger partial charge in [-0.3, -0.25) is 4.79 Å². The first-order chi connectivity index (χ1) is 9.31. The molecular formula is C13H12F4N2O. The van der Waals surface area contributed by atoms with Crippen LogP contribution in [0.15, 0.2) is 18.2 Å². The summed E-state index contributed by atoms with van der Waals surface area (Å²) in [5, 5.41) is 2.01. The van der Waals surface area contributed by atoms with Crippen LogP contribution in [0.5, 0.6) is 0 Å². The smallest absolute Gasteiger partial charge is 0.352 e. The Morgan fingerprint density at radius 1 is 1.35 bits per heavy atom. The van der Waals surface area contributed by atoms with E-state index in [0.717, 1.165) is 6.07 Å². The summed E-state index contributed by atoms with van der Waals surface area (Å²) in [7, 11) is 0. The van der Waals surface area contributed by atoms with Gasteiger partial charge in [0.2, 0.25) is 5.91 Å². The molecule has 3 nitrogen and oxygen atoms in total. The van der Waals surface area contributed by atoms with Crippen LogP contribution in [0.25, 0.3) is 0 Å². The van der Waals surface area contributed by atoms with Gasteiger partial charge in [-0.2, -0.15) is 13.2 Å². The van der Waals surface area contributed by atoms with Gasteiger partial charge in [-0.1, -0.05) is 11.8 Å². The van der Waals surface area contributed by atoms with Crippen LogP contribution in [0, 0.1) is 17.7 Å². The van der Waals surface area contributed by atoms with E-state index in [-0.39, 0.29) is 18.7 Å². The van der Waals surface area contributed by atoms with Crippen molar-refractivity contribution in [1.29, 1.82) is 0 Å². The third kappa shape index (κ3) is 5.71. The quantitative estimate of drug-likeness (QED) is 0.657. The topological polar surface area (TPSA) is 55.1 Å². The molecule has 0 saturated heterocycles. The van der Waals surface area contributed by atoms with Crippen LogP contribution in [-0.4, -0.2) is 18.6 Å². The Balaban J connectivity index is 2.70. The zero-order valence-corrected chi connectivity index (χ0v) is 10.4. The molecule has 0 fully saturated rings. The van der Waals surface area contributed by atoms with E-state index in [2.05, 4.69) is 11.8 Å². The van der Waals surface area contributed by atoms with E-state index in [0.29, 0.717) is 5.56 Å². The fourth-order valence-electron chi connectivity index (χ4n) is 1.38. The molecule has 0 saturated carbocycles. The summed E-state index contributed by atoms with van der Waals surface area (Å²) in [6, 6.07) is 3.90. The Bertz CT molecular complexity index is 544. The predicted molar refractivity (Wildman–Crippen MR) is 64.9 cm³/mol. The monoisotopic (exact) mass is 288 g/mol. The first-order valence-corrected chi connectivity index (χ1v) is 5.62. The molecule has 3 N–H and O–H groups in total. The summed E-state index contributed by atoms with van der Waals surface area (Å²) < 4.78 is 49.3. The van der Waals surface area contributed by atoms with Gasteiger partial charge in [0.15, 0.2) is 0 Å². The minimum Gasteiger partial charge on any atom is -0.352 e. The summed E-state index contributed by atoms with van der Waals surface area (Å²) in [5.41, 5.74) is 5.72. The summed E-state index contributed by atoms with van der Waals surface area (Å²) in [6.07, 6.45) is -6.18. The maximum atomic E-state index is 13.4. The molecule has 0 heterocycles. The van der Waals surface area contributed by atoms with E-state index in [1.807, 2.05) is 5.32 Å². The van der Waals surface area contributed by atoms with E-state index in [9.17, 15) is 22.4 Å². The first kappa shape index (κ1) is 16.0. The lowest BCUT2D eigenvalue weighted by Crippen LogP contribution is -2.28. The number of hydrogen-bond acceptors (Lipinski definition) is 2. The van der Waals surface area contributed by atoms with Crippen molar-refractivity contribution in [2.45, 2.75) is 19.1 Å². The molecule has 20 heavy (non-hydrogen) atoms. The summed E-state index contributed by atoms with van der Waals surface area (Å²) in [4.78, 5) is 11.0. The van der Waals surface area contributed by atoms with Crippen molar-refractivity contribution >= 4 is 5.91 Å². The molecule has 0 unspecified atom stereocenters. The Labute approximate surface area is 113 Å². The lowest BCUT2D eigenvalue weighted by Gasteiger charge is -2.08. The number of alkyl halides is 3. The largest absolute Gasteiger partial charge is 0.397 e. The maximum absolute atomic E-state index is 13.4. The van der Waals surface area contributed by atoms with Gasteiger partial charge in [-0.25, -0.2) is 4.39 Å². The standard InChI is InChI=1S/C13H12F4N2O/c14-11-4-3-9(2-1-5-18)6-10(11)8-19-12(20)7-13(15,16)17/h3-4,6H,5,7-8,18H2,(H,19,20). The Morgan fingerprint density at radius 2 is 2.05 bits per heavy atom. The third-order valence-electron chi connectivity index (χ3n) is 2.22. The zero-order valence-electron chi connectivity index (χ0n) is 10.4. The van der Waals surface area contributed by atoms with Crippen molar-refractivity contribution in [2.75, 3.05) is 6.54 Å². The minimum absolute atomic E-state index is 0.0596. The van der Waals surface area contributed by atoms with Crippen molar-refractivity contribution in [3.05, 3.63) is 35.1 Å². The third-order valence-corrected chi connectivity index (χ3v) is 2.22. The highest BCUT2D eigenvalue weighted by atomic mass is 19.4. The molecule has 1 rings (SSSR count). The van der Waals surface area contributed by atoms with Crippen LogP contribution in [0.1, 0.15) is 17.5 Å². The molecule has 1 amide bonds. The number of benzene rings is 1. The van der Waals surface area contributed by atoms with Crippen LogP contribution in [-0.2, 0) is 11.3 Å². The Kier molecular flexibility index (Phi) is 5.53. The summed E-state index contributed by atoms with van der Waals surface area (Å²) in [5.74, 6) is 3.39. The van der Waals surface area contributed by atoms with Gasteiger partial charge in [0, 0.05) is 17.7 Å². The van der Waals surface area contributed by atoms with E-state index in [1.54, 1.807) is 0 Å². The van der Waals surface area contributed by atoms with Crippen molar-refractivity contribution in [1.82, 2.24) is 5.32 Å². The first-order valence-electron chi connectivity index (χ1n) is 5.62. The molecule has 0 aliphatic heterocycles. The Hall–Kier alpha value is -2.07. The minimum atomic E-state index is -4.59. The number of nitrogens with one attached hydrogen (secondary N) is 1. The predicted octanol–water partition coefficient (Wildman–Crippen LogP) is 1.70. The molecule has 0 aromatic heterocycles. The van der Waals surface area contributed by atoms with Crippen LogP contribution < -0.4 is 11.1 Å². The van der Waals surface area contributed by atoms with Gasteiger partial charge in [0.25, 0.3) is 0 Å². The normalized spacial score (nSPS) is 10.7. The fraction of sp³-hybridized carbons (Fsp3) is 0.308. The maximum Gasteiger partial charge on any atom is 0.397 e. The van der Waals surface area contributed by atoms with Crippen LogP contribution >= 0.6 is 0 Å². The van der Waals surface area contributed by atoms with Crippen molar-refractivity contribution in [3.63, 3.8) is 0 Å². The summed E-state index contributed by atoms with van der Waals surface area (Å²) in [6.45, 7) is -0.200. The number of hydrogen-bond donors (Lipinski definition) is 2. The van der Waals surface area contributed by atoms with Crippen LogP contribution in [0.2, 0.25) is 0 Å². The molecule has 0 atom stereocenters. The molecule has 0 aliphatic carbocycles. The molecule has 108 valence electrons. The molecule has 0 bridgehead atoms. The van der Waals surface area contributed by atoms with Crippen molar-refractivity contribution in [2.24, 2.45) is 5.73 Å². The molecule has 1 aromatic carbocycles. The molecule has 1 aromatic rings. The average Bonchev–Trinajstić information content (AvgIpc) is 2.34. The van der Waals surface area contributed by atoms with E-state index < -0.39 is 24.3 Å². The zero-order chi connectivity index (χ0) is 15.2.